The van der Waals surface area contributed by atoms with Crippen molar-refractivity contribution in [3.05, 3.63) is 34.3 Å². The van der Waals surface area contributed by atoms with Crippen LogP contribution in [0.25, 0.3) is 10.7 Å². The topological polar surface area (TPSA) is 25.8 Å². The molecule has 0 amide bonds. The Kier molecular flexibility index (Phi) is 1.10. The van der Waals surface area contributed by atoms with Crippen LogP contribution in [0.15, 0.2) is 34.3 Å². The van der Waals surface area contributed by atoms with Crippen LogP contribution in [0.1, 0.15) is 6.85 Å². The minimum atomic E-state index is -0.375. The molecule has 0 bridgehead atoms. The molecule has 2 aromatic heterocycles. The zero-order valence-electron chi connectivity index (χ0n) is 10.7. The maximum atomic E-state index is 7.69. The van der Waals surface area contributed by atoms with Gasteiger partial charge in [-0.25, -0.2) is 4.98 Å². The number of pyridine rings is 1. The zero-order chi connectivity index (χ0) is 12.7. The van der Waals surface area contributed by atoms with Crippen LogP contribution in [-0.2, 0) is 0 Å². The van der Waals surface area contributed by atoms with Gasteiger partial charge in [-0.05, 0) is 28.0 Å². The summed E-state index contributed by atoms with van der Waals surface area (Å²) in [6, 6.07) is -0.967. The van der Waals surface area contributed by atoms with Crippen molar-refractivity contribution in [2.45, 2.75) is 0 Å². The van der Waals surface area contributed by atoms with E-state index in [1.807, 2.05) is 0 Å². The molecule has 0 aliphatic heterocycles. The number of hydrogen-bond donors (Lipinski definition) is 0. The summed E-state index contributed by atoms with van der Waals surface area (Å²) in [5, 5.41) is 0.300. The lowest BCUT2D eigenvalue weighted by Crippen LogP contribution is -1.78. The van der Waals surface area contributed by atoms with E-state index in [1.165, 1.54) is 0 Å². The molecule has 0 unspecified atom stereocenters. The SMILES string of the molecule is [2H]c1nc(-c2nc([2H])c([2H])c([2H])c2[2H])sc1Br. The van der Waals surface area contributed by atoms with Gasteiger partial charge in [0.1, 0.15) is 5.01 Å². The molecule has 4 heteroatoms. The zero-order valence-corrected chi connectivity index (χ0v) is 8.08. The van der Waals surface area contributed by atoms with Crippen molar-refractivity contribution in [2.75, 3.05) is 0 Å². The number of thiazole rings is 1. The number of nitrogens with zero attached hydrogens (tertiary/aromatic N) is 2. The van der Waals surface area contributed by atoms with Gasteiger partial charge in [0.25, 0.3) is 0 Å². The van der Waals surface area contributed by atoms with E-state index in [0.717, 1.165) is 11.3 Å². The molecule has 0 N–H and O–H groups in total. The van der Waals surface area contributed by atoms with Gasteiger partial charge in [0.05, 0.1) is 22.5 Å². The third kappa shape index (κ3) is 1.54. The highest BCUT2D eigenvalue weighted by Crippen LogP contribution is 2.26. The second kappa shape index (κ2) is 3.33. The summed E-state index contributed by atoms with van der Waals surface area (Å²) in [5.74, 6) is 0. The van der Waals surface area contributed by atoms with E-state index in [1.54, 1.807) is 0 Å². The summed E-state index contributed by atoms with van der Waals surface area (Å²) in [5.41, 5.74) is 0.0696. The molecule has 0 aliphatic carbocycles. The summed E-state index contributed by atoms with van der Waals surface area (Å²) < 4.78 is 37.9. The summed E-state index contributed by atoms with van der Waals surface area (Å²) in [6.45, 7) is 0. The van der Waals surface area contributed by atoms with Crippen LogP contribution in [-0.4, -0.2) is 9.97 Å². The van der Waals surface area contributed by atoms with Crippen molar-refractivity contribution in [1.29, 1.82) is 0 Å². The van der Waals surface area contributed by atoms with Gasteiger partial charge in [-0.1, -0.05) is 6.04 Å². The largest absolute Gasteiger partial charge is 0.254 e. The summed E-state index contributed by atoms with van der Waals surface area (Å²) >= 11 is 4.25. The van der Waals surface area contributed by atoms with Crippen LogP contribution in [0, 0.1) is 0 Å². The molecule has 2 rings (SSSR count). The van der Waals surface area contributed by atoms with E-state index in [0.29, 0.717) is 8.79 Å². The lowest BCUT2D eigenvalue weighted by Gasteiger charge is -1.90. The van der Waals surface area contributed by atoms with Crippen LogP contribution in [0.5, 0.6) is 0 Å². The third-order valence-corrected chi connectivity index (χ3v) is 2.51. The van der Waals surface area contributed by atoms with E-state index >= 15 is 0 Å². The van der Waals surface area contributed by atoms with Crippen molar-refractivity contribution in [2.24, 2.45) is 0 Å². The van der Waals surface area contributed by atoms with Crippen LogP contribution < -0.4 is 0 Å². The molecule has 12 heavy (non-hydrogen) atoms. The predicted molar refractivity (Wildman–Crippen MR) is 53.0 cm³/mol. The molecule has 0 aliphatic rings. The summed E-state index contributed by atoms with van der Waals surface area (Å²) in [7, 11) is 0. The Balaban J connectivity index is 2.68. The van der Waals surface area contributed by atoms with Crippen molar-refractivity contribution in [3.63, 3.8) is 0 Å². The maximum Gasteiger partial charge on any atom is 0.142 e. The van der Waals surface area contributed by atoms with Crippen molar-refractivity contribution in [3.8, 4) is 10.7 Å². The normalized spacial score (nSPS) is 15.9. The molecule has 0 saturated carbocycles. The first kappa shape index (κ1) is 3.98. The molecule has 60 valence electrons. The lowest BCUT2D eigenvalue weighted by molar-refractivity contribution is 1.29. The monoisotopic (exact) mass is 245 g/mol. The summed E-state index contributed by atoms with van der Waals surface area (Å²) in [6.07, 6.45) is -0.335. The van der Waals surface area contributed by atoms with Gasteiger partial charge in [0.15, 0.2) is 0 Å². The van der Waals surface area contributed by atoms with Gasteiger partial charge in [-0.2, -0.15) is 0 Å². The van der Waals surface area contributed by atoms with Crippen LogP contribution in [0.2, 0.25) is 0 Å². The lowest BCUT2D eigenvalue weighted by atomic mass is 10.4. The highest BCUT2D eigenvalue weighted by atomic mass is 79.9. The second-order valence-corrected chi connectivity index (χ2v) is 4.17. The predicted octanol–water partition coefficient (Wildman–Crippen LogP) is 2.97. The summed E-state index contributed by atoms with van der Waals surface area (Å²) in [4.78, 5) is 7.65. The molecule has 0 radical (unpaired) electrons. The average Bonchev–Trinajstić information content (AvgIpc) is 2.61. The van der Waals surface area contributed by atoms with Gasteiger partial charge in [-0.3, -0.25) is 4.98 Å². The Morgan fingerprint density at radius 3 is 3.08 bits per heavy atom. The first-order valence-electron chi connectivity index (χ1n) is 5.49. The fourth-order valence-corrected chi connectivity index (χ4v) is 1.75. The van der Waals surface area contributed by atoms with E-state index < -0.39 is 0 Å². The Hall–Kier alpha value is -0.740. The first-order valence-corrected chi connectivity index (χ1v) is 4.60. The van der Waals surface area contributed by atoms with Gasteiger partial charge >= 0.3 is 0 Å². The molecule has 2 heterocycles. The number of halogens is 1. The minimum Gasteiger partial charge on any atom is -0.254 e. The van der Waals surface area contributed by atoms with Crippen LogP contribution in [0.4, 0.5) is 0 Å². The molecule has 0 fully saturated rings. The van der Waals surface area contributed by atoms with Gasteiger partial charge < -0.3 is 0 Å². The fraction of sp³-hybridized carbons (Fsp3) is 0. The smallest absolute Gasteiger partial charge is 0.142 e. The molecule has 0 atom stereocenters. The highest BCUT2D eigenvalue weighted by molar-refractivity contribution is 9.11. The molecule has 2 nitrogen and oxygen atoms in total. The van der Waals surface area contributed by atoms with Crippen molar-refractivity contribution < 1.29 is 6.85 Å². The van der Waals surface area contributed by atoms with Crippen molar-refractivity contribution >= 4 is 27.3 Å². The first-order chi connectivity index (χ1) is 7.91. The van der Waals surface area contributed by atoms with Gasteiger partial charge in [0, 0.05) is 6.17 Å². The quantitative estimate of drug-likeness (QED) is 0.773. The Morgan fingerprint density at radius 1 is 1.42 bits per heavy atom. The van der Waals surface area contributed by atoms with Gasteiger partial charge in [0.2, 0.25) is 0 Å². The average molecular weight is 246 g/mol. The van der Waals surface area contributed by atoms with E-state index in [2.05, 4.69) is 25.9 Å². The molecule has 0 aromatic carbocycles. The molecule has 0 spiro atoms. The number of rotatable bonds is 1. The molecule has 0 saturated heterocycles. The highest BCUT2D eigenvalue weighted by Gasteiger charge is 2.02. The maximum absolute atomic E-state index is 7.69. The Labute approximate surface area is 89.5 Å². The van der Waals surface area contributed by atoms with E-state index in [9.17, 15) is 0 Å². The second-order valence-electron chi connectivity index (χ2n) is 1.85. The molecule has 2 aromatic rings. The van der Waals surface area contributed by atoms with Gasteiger partial charge in [-0.15, -0.1) is 11.3 Å². The number of aromatic nitrogens is 2. The molecular formula is C8H5BrN2S. The molecular weight excluding hydrogens is 236 g/mol. The standard InChI is InChI=1S/C8H5BrN2S/c9-7-5-11-8(12-7)6-3-1-2-4-10-6/h1-5H/i1D,2D,3D,4D,5D. The minimum absolute atomic E-state index is 0.0270. The van der Waals surface area contributed by atoms with Crippen LogP contribution in [0.3, 0.4) is 0 Å². The Morgan fingerprint density at radius 2 is 2.33 bits per heavy atom. The van der Waals surface area contributed by atoms with E-state index in [-0.39, 0.29) is 36.2 Å². The third-order valence-electron chi connectivity index (χ3n) is 1.10. The fourth-order valence-electron chi connectivity index (χ4n) is 0.658. The van der Waals surface area contributed by atoms with Crippen LogP contribution >= 0.6 is 27.3 Å². The Bertz CT molecular complexity index is 581. The van der Waals surface area contributed by atoms with E-state index in [4.69, 9.17) is 6.85 Å². The van der Waals surface area contributed by atoms with Crippen molar-refractivity contribution in [1.82, 2.24) is 9.97 Å². The number of hydrogen-bond acceptors (Lipinski definition) is 3.